The van der Waals surface area contributed by atoms with E-state index in [0.717, 1.165) is 0 Å². The molecule has 1 aromatic rings. The number of carbonyl (C=O) groups is 3. The Morgan fingerprint density at radius 2 is 2.05 bits per heavy atom. The number of nitrogens with one attached hydrogen (secondary N) is 2. The van der Waals surface area contributed by atoms with Gasteiger partial charge in [0.15, 0.2) is 0 Å². The van der Waals surface area contributed by atoms with Gasteiger partial charge in [0.05, 0.1) is 11.3 Å². The van der Waals surface area contributed by atoms with Crippen LogP contribution in [0, 0.1) is 18.3 Å². The van der Waals surface area contributed by atoms with E-state index in [1.165, 1.54) is 6.07 Å². The third-order valence-corrected chi connectivity index (χ3v) is 2.34. The second kappa shape index (κ2) is 7.62. The molecular weight excluding hydrogens is 278 g/mol. The summed E-state index contributed by atoms with van der Waals surface area (Å²) in [6, 6.07) is 6.02. The Labute approximate surface area is 120 Å². The average Bonchev–Trinajstić information content (AvgIpc) is 2.38. The number of urea groups is 1. The number of rotatable bonds is 5. The van der Waals surface area contributed by atoms with Crippen LogP contribution in [0.25, 0.3) is 0 Å². The van der Waals surface area contributed by atoms with Crippen molar-refractivity contribution in [1.29, 1.82) is 5.26 Å². The fourth-order valence-electron chi connectivity index (χ4n) is 1.47. The molecule has 0 aromatic heterocycles. The predicted octanol–water partition coefficient (Wildman–Crippen LogP) is 0.616. The van der Waals surface area contributed by atoms with Crippen LogP contribution in [0.2, 0.25) is 0 Å². The topological polar surface area (TPSA) is 129 Å². The van der Waals surface area contributed by atoms with Gasteiger partial charge < -0.3 is 15.2 Å². The molecule has 0 bridgehead atoms. The van der Waals surface area contributed by atoms with E-state index in [2.05, 4.69) is 10.1 Å². The number of ether oxygens (including phenoxy) is 1. The molecule has 0 aliphatic heterocycles. The first kappa shape index (κ1) is 16.1. The number of benzene rings is 1. The van der Waals surface area contributed by atoms with Crippen molar-refractivity contribution in [2.45, 2.75) is 6.92 Å². The summed E-state index contributed by atoms with van der Waals surface area (Å²) >= 11 is 0. The highest BCUT2D eigenvalue weighted by Crippen LogP contribution is 2.17. The summed E-state index contributed by atoms with van der Waals surface area (Å²) < 4.78 is 4.53. The van der Waals surface area contributed by atoms with E-state index in [9.17, 15) is 14.4 Å². The smallest absolute Gasteiger partial charge is 0.329 e. The zero-order valence-electron chi connectivity index (χ0n) is 11.2. The minimum atomic E-state index is -1.22. The number of amides is 3. The molecule has 0 saturated carbocycles. The molecule has 110 valence electrons. The van der Waals surface area contributed by atoms with Crippen molar-refractivity contribution in [2.24, 2.45) is 0 Å². The Morgan fingerprint density at radius 1 is 1.33 bits per heavy atom. The lowest BCUT2D eigenvalue weighted by Gasteiger charge is -2.09. The average molecular weight is 291 g/mol. The number of imide groups is 1. The molecule has 8 heteroatoms. The van der Waals surface area contributed by atoms with Gasteiger partial charge in [-0.25, -0.2) is 9.59 Å². The number of carboxylic acid groups (broad SMARTS) is 1. The first-order chi connectivity index (χ1) is 9.93. The highest BCUT2D eigenvalue weighted by Gasteiger charge is 2.11. The summed E-state index contributed by atoms with van der Waals surface area (Å²) in [6.07, 6.45) is 0. The fraction of sp³-hybridized carbons (Fsp3) is 0.231. The second-order valence-corrected chi connectivity index (χ2v) is 4.00. The van der Waals surface area contributed by atoms with Gasteiger partial charge in [0, 0.05) is 0 Å². The lowest BCUT2D eigenvalue weighted by atomic mass is 10.1. The summed E-state index contributed by atoms with van der Waals surface area (Å²) in [5, 5.41) is 21.6. The van der Waals surface area contributed by atoms with Crippen LogP contribution in [-0.4, -0.2) is 36.2 Å². The van der Waals surface area contributed by atoms with Crippen LogP contribution in [0.5, 0.6) is 0 Å². The maximum atomic E-state index is 11.6. The molecule has 3 amide bonds. The van der Waals surface area contributed by atoms with E-state index in [1.807, 2.05) is 11.4 Å². The molecule has 0 aliphatic rings. The summed E-state index contributed by atoms with van der Waals surface area (Å²) in [5.41, 5.74) is 1.25. The van der Waals surface area contributed by atoms with Crippen LogP contribution in [-0.2, 0) is 14.3 Å². The van der Waals surface area contributed by atoms with E-state index in [-0.39, 0.29) is 5.69 Å². The zero-order chi connectivity index (χ0) is 15.8. The fourth-order valence-corrected chi connectivity index (χ4v) is 1.47. The molecule has 1 aromatic carbocycles. The monoisotopic (exact) mass is 291 g/mol. The molecule has 1 rings (SSSR count). The molecule has 0 radical (unpaired) electrons. The molecule has 0 unspecified atom stereocenters. The Bertz CT molecular complexity index is 606. The Balaban J connectivity index is 2.55. The molecular formula is C13H13N3O5. The third-order valence-electron chi connectivity index (χ3n) is 2.34. The highest BCUT2D eigenvalue weighted by molar-refractivity contribution is 6.02. The van der Waals surface area contributed by atoms with E-state index in [0.29, 0.717) is 11.1 Å². The molecule has 3 N–H and O–H groups in total. The van der Waals surface area contributed by atoms with Crippen molar-refractivity contribution in [3.63, 3.8) is 0 Å². The highest BCUT2D eigenvalue weighted by atomic mass is 16.5. The van der Waals surface area contributed by atoms with Crippen molar-refractivity contribution >= 4 is 23.6 Å². The maximum Gasteiger partial charge on any atom is 0.329 e. The summed E-state index contributed by atoms with van der Waals surface area (Å²) in [6.45, 7) is 0.524. The first-order valence-corrected chi connectivity index (χ1v) is 5.84. The normalized spacial score (nSPS) is 9.52. The second-order valence-electron chi connectivity index (χ2n) is 4.00. The predicted molar refractivity (Wildman–Crippen MR) is 71.5 cm³/mol. The summed E-state index contributed by atoms with van der Waals surface area (Å²) in [5.74, 6) is -2.01. The van der Waals surface area contributed by atoms with Gasteiger partial charge in [0.25, 0.3) is 5.91 Å². The van der Waals surface area contributed by atoms with Gasteiger partial charge in [-0.3, -0.25) is 10.1 Å². The van der Waals surface area contributed by atoms with Gasteiger partial charge in [-0.2, -0.15) is 5.26 Å². The van der Waals surface area contributed by atoms with Crippen LogP contribution in [0.15, 0.2) is 18.2 Å². The standard InChI is InChI=1S/C13H13N3O5/c1-8-3-2-4-10(9(8)5-14)15-13(20)16-11(17)6-21-7-12(18)19/h2-4H,6-7H2,1H3,(H,18,19)(H2,15,16,17,20). The minimum absolute atomic E-state index is 0.272. The largest absolute Gasteiger partial charge is 0.480 e. The summed E-state index contributed by atoms with van der Waals surface area (Å²) in [4.78, 5) is 33.0. The molecule has 0 saturated heterocycles. The van der Waals surface area contributed by atoms with E-state index >= 15 is 0 Å². The number of aliphatic carboxylic acids is 1. The van der Waals surface area contributed by atoms with Gasteiger partial charge in [-0.05, 0) is 18.6 Å². The third kappa shape index (κ3) is 5.30. The maximum absolute atomic E-state index is 11.6. The molecule has 21 heavy (non-hydrogen) atoms. The SMILES string of the molecule is Cc1cccc(NC(=O)NC(=O)COCC(=O)O)c1C#N. The van der Waals surface area contributed by atoms with Gasteiger partial charge in [0.2, 0.25) is 0 Å². The molecule has 0 atom stereocenters. The van der Waals surface area contributed by atoms with Crippen LogP contribution in [0.4, 0.5) is 10.5 Å². The van der Waals surface area contributed by atoms with Crippen molar-refractivity contribution in [2.75, 3.05) is 18.5 Å². The van der Waals surface area contributed by atoms with Gasteiger partial charge >= 0.3 is 12.0 Å². The van der Waals surface area contributed by atoms with E-state index in [1.54, 1.807) is 19.1 Å². The first-order valence-electron chi connectivity index (χ1n) is 5.84. The van der Waals surface area contributed by atoms with Gasteiger partial charge in [-0.1, -0.05) is 12.1 Å². The number of nitrogens with zero attached hydrogens (tertiary/aromatic N) is 1. The minimum Gasteiger partial charge on any atom is -0.480 e. The lowest BCUT2D eigenvalue weighted by molar-refractivity contribution is -0.143. The van der Waals surface area contributed by atoms with Gasteiger partial charge in [0.1, 0.15) is 19.3 Å². The number of hydrogen-bond acceptors (Lipinski definition) is 5. The van der Waals surface area contributed by atoms with Crippen molar-refractivity contribution in [1.82, 2.24) is 5.32 Å². The van der Waals surface area contributed by atoms with Crippen LogP contribution >= 0.6 is 0 Å². The number of carboxylic acids is 1. The van der Waals surface area contributed by atoms with E-state index in [4.69, 9.17) is 10.4 Å². The van der Waals surface area contributed by atoms with E-state index < -0.39 is 31.1 Å². The van der Waals surface area contributed by atoms with Crippen LogP contribution in [0.1, 0.15) is 11.1 Å². The quantitative estimate of drug-likeness (QED) is 0.729. The number of aryl methyl sites for hydroxylation is 1. The molecule has 8 nitrogen and oxygen atoms in total. The summed E-state index contributed by atoms with van der Waals surface area (Å²) in [7, 11) is 0. The van der Waals surface area contributed by atoms with Crippen LogP contribution < -0.4 is 10.6 Å². The number of anilines is 1. The van der Waals surface area contributed by atoms with Crippen molar-refractivity contribution < 1.29 is 24.2 Å². The van der Waals surface area contributed by atoms with Gasteiger partial charge in [-0.15, -0.1) is 0 Å². The van der Waals surface area contributed by atoms with Crippen molar-refractivity contribution in [3.05, 3.63) is 29.3 Å². The number of carbonyl (C=O) groups excluding carboxylic acids is 2. The van der Waals surface area contributed by atoms with Crippen LogP contribution in [0.3, 0.4) is 0 Å². The molecule has 0 heterocycles. The Kier molecular flexibility index (Phi) is 5.85. The lowest BCUT2D eigenvalue weighted by Crippen LogP contribution is -2.37. The Hall–Kier alpha value is -2.92. The van der Waals surface area contributed by atoms with Crippen molar-refractivity contribution in [3.8, 4) is 6.07 Å². The molecule has 0 aliphatic carbocycles. The Morgan fingerprint density at radius 3 is 2.67 bits per heavy atom. The zero-order valence-corrected chi connectivity index (χ0v) is 11.2. The molecule has 0 spiro atoms. The molecule has 0 fully saturated rings. The number of hydrogen-bond donors (Lipinski definition) is 3. The number of nitriles is 1.